The molecule has 144 valence electrons. The molecule has 0 heterocycles. The van der Waals surface area contributed by atoms with Gasteiger partial charge in [-0.3, -0.25) is 4.79 Å². The smallest absolute Gasteiger partial charge is 0.251 e. The standard InChI is InChI=1S/C24H25NO3/c1-17-4-8-20(9-5-17)24(26)25-23(19-10-14-22(28-3)15-11-19)16-18-6-12-21(27-2)13-7-18/h4-15,23H,16H2,1-3H3,(H,25,26). The first-order valence-corrected chi connectivity index (χ1v) is 9.23. The van der Waals surface area contributed by atoms with Gasteiger partial charge in [-0.05, 0) is 60.9 Å². The molecule has 0 aromatic heterocycles. The second kappa shape index (κ2) is 9.09. The summed E-state index contributed by atoms with van der Waals surface area (Å²) >= 11 is 0. The zero-order chi connectivity index (χ0) is 19.9. The molecule has 0 saturated heterocycles. The van der Waals surface area contributed by atoms with Gasteiger partial charge < -0.3 is 14.8 Å². The number of carbonyl (C=O) groups is 1. The Bertz CT molecular complexity index is 900. The number of hydrogen-bond acceptors (Lipinski definition) is 3. The topological polar surface area (TPSA) is 47.6 Å². The molecule has 3 aromatic carbocycles. The average molecular weight is 375 g/mol. The van der Waals surface area contributed by atoms with Crippen molar-refractivity contribution in [2.45, 2.75) is 19.4 Å². The van der Waals surface area contributed by atoms with E-state index in [0.29, 0.717) is 12.0 Å². The molecule has 0 aliphatic heterocycles. The van der Waals surface area contributed by atoms with Gasteiger partial charge in [0.1, 0.15) is 11.5 Å². The van der Waals surface area contributed by atoms with E-state index >= 15 is 0 Å². The van der Waals surface area contributed by atoms with E-state index in [4.69, 9.17) is 9.47 Å². The monoisotopic (exact) mass is 375 g/mol. The lowest BCUT2D eigenvalue weighted by Gasteiger charge is -2.20. The predicted molar refractivity (Wildman–Crippen MR) is 111 cm³/mol. The fraction of sp³-hybridized carbons (Fsp3) is 0.208. The van der Waals surface area contributed by atoms with Crippen LogP contribution in [0.5, 0.6) is 11.5 Å². The van der Waals surface area contributed by atoms with Gasteiger partial charge >= 0.3 is 0 Å². The Kier molecular flexibility index (Phi) is 6.33. The normalized spacial score (nSPS) is 11.5. The Labute approximate surface area is 166 Å². The lowest BCUT2D eigenvalue weighted by Crippen LogP contribution is -2.30. The van der Waals surface area contributed by atoms with Crippen LogP contribution >= 0.6 is 0 Å². The van der Waals surface area contributed by atoms with Crippen LogP contribution in [0.2, 0.25) is 0 Å². The minimum absolute atomic E-state index is 0.0886. The van der Waals surface area contributed by atoms with Crippen molar-refractivity contribution in [3.63, 3.8) is 0 Å². The summed E-state index contributed by atoms with van der Waals surface area (Å²) in [5, 5.41) is 3.17. The van der Waals surface area contributed by atoms with Crippen molar-refractivity contribution < 1.29 is 14.3 Å². The molecule has 0 bridgehead atoms. The third kappa shape index (κ3) is 4.92. The Morgan fingerprint density at radius 2 is 1.36 bits per heavy atom. The van der Waals surface area contributed by atoms with Crippen molar-refractivity contribution in [2.75, 3.05) is 14.2 Å². The van der Waals surface area contributed by atoms with Crippen molar-refractivity contribution in [2.24, 2.45) is 0 Å². The minimum Gasteiger partial charge on any atom is -0.497 e. The molecule has 4 heteroatoms. The highest BCUT2D eigenvalue weighted by Crippen LogP contribution is 2.23. The lowest BCUT2D eigenvalue weighted by molar-refractivity contribution is 0.0936. The number of hydrogen-bond donors (Lipinski definition) is 1. The van der Waals surface area contributed by atoms with Gasteiger partial charge in [0.05, 0.1) is 20.3 Å². The number of carbonyl (C=O) groups excluding carboxylic acids is 1. The van der Waals surface area contributed by atoms with Crippen molar-refractivity contribution in [1.82, 2.24) is 5.32 Å². The van der Waals surface area contributed by atoms with E-state index in [1.807, 2.05) is 79.7 Å². The highest BCUT2D eigenvalue weighted by molar-refractivity contribution is 5.94. The van der Waals surface area contributed by atoms with Crippen LogP contribution in [0.25, 0.3) is 0 Å². The third-order valence-corrected chi connectivity index (χ3v) is 4.74. The van der Waals surface area contributed by atoms with Crippen LogP contribution in [-0.2, 0) is 6.42 Å². The Hall–Kier alpha value is -3.27. The van der Waals surface area contributed by atoms with E-state index in [1.165, 1.54) is 0 Å². The van der Waals surface area contributed by atoms with Crippen LogP contribution in [-0.4, -0.2) is 20.1 Å². The summed E-state index contributed by atoms with van der Waals surface area (Å²) in [7, 11) is 3.29. The second-order valence-electron chi connectivity index (χ2n) is 6.72. The summed E-state index contributed by atoms with van der Waals surface area (Å²) in [6.45, 7) is 2.01. The minimum atomic E-state index is -0.159. The maximum Gasteiger partial charge on any atom is 0.251 e. The number of nitrogens with one attached hydrogen (secondary N) is 1. The number of aryl methyl sites for hydroxylation is 1. The molecule has 1 atom stereocenters. The van der Waals surface area contributed by atoms with Crippen molar-refractivity contribution in [1.29, 1.82) is 0 Å². The fourth-order valence-corrected chi connectivity index (χ4v) is 3.03. The molecular weight excluding hydrogens is 350 g/mol. The lowest BCUT2D eigenvalue weighted by atomic mass is 9.98. The molecule has 3 aromatic rings. The van der Waals surface area contributed by atoms with Crippen LogP contribution in [0, 0.1) is 6.92 Å². The van der Waals surface area contributed by atoms with Crippen molar-refractivity contribution >= 4 is 5.91 Å². The zero-order valence-electron chi connectivity index (χ0n) is 16.4. The van der Waals surface area contributed by atoms with Crippen LogP contribution in [0.3, 0.4) is 0 Å². The van der Waals surface area contributed by atoms with Crippen LogP contribution in [0.4, 0.5) is 0 Å². The summed E-state index contributed by atoms with van der Waals surface area (Å²) in [4.78, 5) is 12.8. The molecule has 1 amide bonds. The van der Waals surface area contributed by atoms with Gasteiger partial charge in [-0.1, -0.05) is 42.0 Å². The van der Waals surface area contributed by atoms with E-state index in [0.717, 1.165) is 28.2 Å². The van der Waals surface area contributed by atoms with E-state index in [-0.39, 0.29) is 11.9 Å². The van der Waals surface area contributed by atoms with Gasteiger partial charge in [-0.15, -0.1) is 0 Å². The number of rotatable bonds is 7. The molecular formula is C24H25NO3. The molecule has 3 rings (SSSR count). The molecule has 1 unspecified atom stereocenters. The van der Waals surface area contributed by atoms with Gasteiger partial charge in [0.25, 0.3) is 5.91 Å². The molecule has 28 heavy (non-hydrogen) atoms. The molecule has 0 aliphatic rings. The summed E-state index contributed by atoms with van der Waals surface area (Å²) in [6.07, 6.45) is 0.675. The van der Waals surface area contributed by atoms with E-state index in [1.54, 1.807) is 14.2 Å². The highest BCUT2D eigenvalue weighted by Gasteiger charge is 2.17. The van der Waals surface area contributed by atoms with E-state index in [9.17, 15) is 4.79 Å². The maximum atomic E-state index is 12.8. The van der Waals surface area contributed by atoms with E-state index < -0.39 is 0 Å². The molecule has 0 radical (unpaired) electrons. The second-order valence-corrected chi connectivity index (χ2v) is 6.72. The quantitative estimate of drug-likeness (QED) is 0.650. The van der Waals surface area contributed by atoms with Gasteiger partial charge in [-0.25, -0.2) is 0 Å². The third-order valence-electron chi connectivity index (χ3n) is 4.74. The van der Waals surface area contributed by atoms with Crippen LogP contribution < -0.4 is 14.8 Å². The summed E-state index contributed by atoms with van der Waals surface area (Å²) in [6, 6.07) is 23.1. The van der Waals surface area contributed by atoms with Crippen molar-refractivity contribution in [3.8, 4) is 11.5 Å². The molecule has 0 spiro atoms. The summed E-state index contributed by atoms with van der Waals surface area (Å²) in [5.74, 6) is 1.51. The Morgan fingerprint density at radius 1 is 0.821 bits per heavy atom. The average Bonchev–Trinajstić information content (AvgIpc) is 2.74. The molecule has 0 aliphatic carbocycles. The first-order chi connectivity index (χ1) is 13.6. The molecule has 4 nitrogen and oxygen atoms in total. The summed E-state index contributed by atoms with van der Waals surface area (Å²) in [5.41, 5.74) is 3.92. The number of methoxy groups -OCH3 is 2. The zero-order valence-corrected chi connectivity index (χ0v) is 16.4. The van der Waals surface area contributed by atoms with Gasteiger partial charge in [0.15, 0.2) is 0 Å². The number of benzene rings is 3. The molecule has 0 saturated carbocycles. The largest absolute Gasteiger partial charge is 0.497 e. The number of amides is 1. The number of ether oxygens (including phenoxy) is 2. The van der Waals surface area contributed by atoms with Gasteiger partial charge in [0.2, 0.25) is 0 Å². The van der Waals surface area contributed by atoms with Gasteiger partial charge in [-0.2, -0.15) is 0 Å². The first-order valence-electron chi connectivity index (χ1n) is 9.23. The van der Waals surface area contributed by atoms with Crippen LogP contribution in [0.15, 0.2) is 72.8 Å². The summed E-state index contributed by atoms with van der Waals surface area (Å²) < 4.78 is 10.5. The maximum absolute atomic E-state index is 12.8. The molecule has 1 N–H and O–H groups in total. The van der Waals surface area contributed by atoms with Gasteiger partial charge in [0, 0.05) is 5.56 Å². The predicted octanol–water partition coefficient (Wildman–Crippen LogP) is 4.73. The highest BCUT2D eigenvalue weighted by atomic mass is 16.5. The Morgan fingerprint density at radius 3 is 1.89 bits per heavy atom. The Balaban J connectivity index is 1.83. The SMILES string of the molecule is COc1ccc(CC(NC(=O)c2ccc(C)cc2)c2ccc(OC)cc2)cc1. The van der Waals surface area contributed by atoms with Crippen LogP contribution in [0.1, 0.15) is 33.1 Å². The van der Waals surface area contributed by atoms with Crippen molar-refractivity contribution in [3.05, 3.63) is 95.1 Å². The molecule has 0 fully saturated rings. The fourth-order valence-electron chi connectivity index (χ4n) is 3.03. The van der Waals surface area contributed by atoms with E-state index in [2.05, 4.69) is 5.32 Å². The first kappa shape index (κ1) is 19.5.